The lowest BCUT2D eigenvalue weighted by atomic mass is 9.85. The van der Waals surface area contributed by atoms with Gasteiger partial charge in [0.25, 0.3) is 17.4 Å². The largest absolute Gasteiger partial charge is 0.586 e. The van der Waals surface area contributed by atoms with E-state index in [1.807, 2.05) is 0 Å². The number of alkyl halides is 2. The summed E-state index contributed by atoms with van der Waals surface area (Å²) in [5.74, 6) is 181. The van der Waals surface area contributed by atoms with Crippen LogP contribution >= 0.6 is 0 Å². The summed E-state index contributed by atoms with van der Waals surface area (Å²) in [5.41, 5.74) is 10.1. The van der Waals surface area contributed by atoms with Gasteiger partial charge in [0.2, 0.25) is 11.8 Å². The molecular formula is C98H28F2N8O7+2. The summed E-state index contributed by atoms with van der Waals surface area (Å²) in [6, 6.07) is 0.482. The molecule has 5 heterocycles. The third-order valence-electron chi connectivity index (χ3n) is 12.2. The van der Waals surface area contributed by atoms with E-state index in [-0.39, 0.29) is 61.0 Å². The van der Waals surface area contributed by atoms with Crippen LogP contribution in [0.2, 0.25) is 0 Å². The van der Waals surface area contributed by atoms with Crippen molar-refractivity contribution in [1.82, 2.24) is 20.9 Å². The number of rotatable bonds is 4. The van der Waals surface area contributed by atoms with E-state index in [1.54, 1.807) is 6.92 Å². The monoisotopic (exact) mass is 1470 g/mol. The second-order valence-corrected chi connectivity index (χ2v) is 19.1. The molecule has 0 aromatic heterocycles. The summed E-state index contributed by atoms with van der Waals surface area (Å²) < 4.78 is 37.4. The van der Waals surface area contributed by atoms with Crippen molar-refractivity contribution in [2.45, 2.75) is 55.6 Å². The van der Waals surface area contributed by atoms with Crippen molar-refractivity contribution in [2.24, 2.45) is 11.5 Å². The number of amides is 3. The predicted octanol–water partition coefficient (Wildman–Crippen LogP) is -4.92. The first kappa shape index (κ1) is 84.7. The van der Waals surface area contributed by atoms with Gasteiger partial charge < -0.3 is 25.0 Å². The highest BCUT2D eigenvalue weighted by Crippen LogP contribution is 2.44. The van der Waals surface area contributed by atoms with Crippen LogP contribution in [-0.2, 0) is 9.59 Å². The Hall–Kier alpha value is -21.0. The molecule has 0 radical (unpaired) electrons. The fraction of sp³-hybridized carbons (Fsp3) is 0.112. The number of nitrogens with two attached hydrogens (primary N) is 2. The van der Waals surface area contributed by atoms with Gasteiger partial charge in [0, 0.05) is 356 Å². The summed E-state index contributed by atoms with van der Waals surface area (Å²) in [4.78, 5) is 41.6. The van der Waals surface area contributed by atoms with Crippen molar-refractivity contribution in [3.05, 3.63) is 23.8 Å². The first-order valence-corrected chi connectivity index (χ1v) is 30.9. The van der Waals surface area contributed by atoms with Gasteiger partial charge in [-0.25, -0.2) is 9.89 Å². The molecule has 10 N–H and O–H groups in total. The molecule has 514 valence electrons. The number of carbonyl (C=O) groups excluding carboxylic acids is 3. The minimum atomic E-state index is -3.97. The normalized spacial score (nSPS) is 13.2. The molecule has 3 amide bonds. The van der Waals surface area contributed by atoms with Crippen molar-refractivity contribution < 1.29 is 52.4 Å². The number of nitrogens with one attached hydrogen (secondary N) is 4. The number of aliphatic hydroxyl groups is 2. The highest BCUT2D eigenvalue weighted by atomic mass is 19.3. The number of hydrogen-bond donors (Lipinski definition) is 8. The maximum atomic E-state index is 13.6. The van der Waals surface area contributed by atoms with Crippen molar-refractivity contribution in [3.63, 3.8) is 0 Å². The third-order valence-corrected chi connectivity index (χ3v) is 12.2. The van der Waals surface area contributed by atoms with Crippen LogP contribution in [0, 0.1) is 450 Å². The fourth-order valence-electron chi connectivity index (χ4n) is 8.12. The molecule has 5 aliphatic rings. The lowest BCUT2D eigenvalue weighted by Crippen LogP contribution is -2.92. The number of fused-ring (bicyclic) bond motifs is 1. The van der Waals surface area contributed by atoms with E-state index in [0.29, 0.717) is 0 Å². The van der Waals surface area contributed by atoms with Crippen LogP contribution in [0.5, 0.6) is 11.5 Å². The number of ether oxygens (including phenoxy) is 2. The third kappa shape index (κ3) is 32.5. The number of para-hydroxylation sites is 1. The van der Waals surface area contributed by atoms with E-state index >= 15 is 0 Å². The number of terminal acetylenes is 1. The van der Waals surface area contributed by atoms with E-state index in [2.05, 4.69) is 474 Å². The minimum Gasteiger partial charge on any atom is -0.395 e. The molecule has 2 unspecified atom stereocenters. The Morgan fingerprint density at radius 2 is 0.757 bits per heavy atom. The Morgan fingerprint density at radius 3 is 1.03 bits per heavy atom. The van der Waals surface area contributed by atoms with Crippen LogP contribution in [0.4, 0.5) is 8.78 Å². The molecule has 0 aliphatic carbocycles. The summed E-state index contributed by atoms with van der Waals surface area (Å²) in [5, 5.41) is 31.3. The molecule has 0 bridgehead atoms. The Labute approximate surface area is 665 Å². The van der Waals surface area contributed by atoms with Crippen molar-refractivity contribution >= 4 is 29.6 Å². The number of nitrogens with zero attached hydrogens (tertiary/aromatic N) is 2. The number of imide groups is 1. The van der Waals surface area contributed by atoms with Crippen molar-refractivity contribution in [3.8, 4) is 462 Å². The molecule has 2 saturated heterocycles. The van der Waals surface area contributed by atoms with E-state index in [0.717, 1.165) is 4.90 Å². The Morgan fingerprint density at radius 1 is 0.478 bits per heavy atom. The quantitative estimate of drug-likeness (QED) is 0.0619. The number of benzene rings is 1. The predicted molar refractivity (Wildman–Crippen MR) is 420 cm³/mol. The molecule has 1 aromatic carbocycles. The molecule has 1 aromatic rings. The Bertz CT molecular complexity index is 7210. The van der Waals surface area contributed by atoms with Gasteiger partial charge in [0.05, 0.1) is 18.7 Å². The maximum absolute atomic E-state index is 13.6. The van der Waals surface area contributed by atoms with Crippen LogP contribution in [0.3, 0.4) is 0 Å². The molecule has 0 saturated carbocycles. The van der Waals surface area contributed by atoms with E-state index in [4.69, 9.17) is 17.9 Å². The Kier molecular flexibility index (Phi) is 37.7. The molecule has 6 rings (SSSR count). The minimum absolute atomic E-state index is 0.0458. The average molecular weight is 1470 g/mol. The summed E-state index contributed by atoms with van der Waals surface area (Å²) in [6.45, 7) is 1.28. The Balaban J connectivity index is 0.000000507. The average Bonchev–Trinajstić information content (AvgIpc) is 1.53. The van der Waals surface area contributed by atoms with Crippen LogP contribution in [-0.4, -0.2) is 98.3 Å². The molecule has 5 aliphatic heterocycles. The number of hydrogen-bond acceptors (Lipinski definition) is 11. The van der Waals surface area contributed by atoms with Crippen LogP contribution in [0.15, 0.2) is 18.2 Å². The zero-order valence-corrected chi connectivity index (χ0v) is 58.6. The molecule has 17 heteroatoms. The standard InChI is InChI=1S/C77H4.C21H22F2N8O7/c1-3-5-7-9-11-13-15-17-19-21-23-25-27-29-31-33-35-37-39-41-43-45-47-49-51-53-55-57-59-61-63-65-67-69-71-73-75-77-76-74-72-70-68-66-64-62-60-58-56-54-52-50-48-46-44-42-40-38-36-34-32-30-28-26-24-22-20-18-16-14-12-10-8-6-4-2;22-21(23)37-10-3-1-2-8(14(10)38-21)16(34)27-11-7-31-18(25)26-9(6-30-12(32)4-5-13(30)33)15-19(31,20(11,35)36)29-17(24)28-15/h1H,2H3;1-3,9,11,15,35-36H,4-7H2,(H6,24,25,26,27,28,29,34)/p+2/t;9-,11?,15-,19?/m.0/s1. The van der Waals surface area contributed by atoms with Crippen LogP contribution in [0.1, 0.15) is 30.1 Å². The first-order valence-electron chi connectivity index (χ1n) is 30.9. The van der Waals surface area contributed by atoms with E-state index in [1.165, 1.54) is 22.8 Å². The number of likely N-dealkylation sites (tertiary alicyclic amines) is 1. The SMILES string of the molecule is C#CC#CC#CC#CC#CC#CC#CC#CC#CC#CC#CC#CC#CC#CC#CC#CC#CC#CC#CC#CC#CC#CC#CC#CC#CC#CC#CC#CC#CC#CC#CC#CC#CC#CC#CC#CC#CC#CC.NC1=[NH+][C@H]2[C@H](CN3C(=O)CCC3=O)NC(N)=[N+]3CC(NC(=O)c4cccc5c4OC(F)(F)O5)C(O)(O)C23N1. The zero-order chi connectivity index (χ0) is 82.2. The maximum Gasteiger partial charge on any atom is 0.586 e. The van der Waals surface area contributed by atoms with Gasteiger partial charge >= 0.3 is 18.2 Å². The van der Waals surface area contributed by atoms with Gasteiger partial charge in [-0.1, -0.05) is 12.0 Å². The van der Waals surface area contributed by atoms with E-state index in [9.17, 15) is 33.4 Å². The molecule has 2 fully saturated rings. The van der Waals surface area contributed by atoms with Gasteiger partial charge in [-0.15, -0.1) is 15.2 Å². The van der Waals surface area contributed by atoms with Crippen LogP contribution in [0.25, 0.3) is 0 Å². The topological polar surface area (TPSA) is 218 Å². The van der Waals surface area contributed by atoms with Gasteiger partial charge in [-0.2, -0.15) is 0 Å². The number of halogens is 2. The molecule has 15 nitrogen and oxygen atoms in total. The number of guanidine groups is 2. The second kappa shape index (κ2) is 51.2. The summed E-state index contributed by atoms with van der Waals surface area (Å²) in [7, 11) is 0. The molecule has 4 atom stereocenters. The smallest absolute Gasteiger partial charge is 0.395 e. The van der Waals surface area contributed by atoms with Gasteiger partial charge in [0.15, 0.2) is 17.5 Å². The number of carbonyl (C=O) groups is 3. The first-order chi connectivity index (χ1) is 56.3. The molecule has 115 heavy (non-hydrogen) atoms. The van der Waals surface area contributed by atoms with Gasteiger partial charge in [-0.3, -0.25) is 41.1 Å². The zero-order valence-electron chi connectivity index (χ0n) is 58.6. The molecular weight excluding hydrogens is 1440 g/mol. The van der Waals surface area contributed by atoms with Gasteiger partial charge in [-0.05, 0) is 114 Å². The highest BCUT2D eigenvalue weighted by molar-refractivity contribution is 6.02. The van der Waals surface area contributed by atoms with E-state index < -0.39 is 47.5 Å². The summed E-state index contributed by atoms with van der Waals surface area (Å²) >= 11 is 0. The fourth-order valence-corrected chi connectivity index (χ4v) is 8.12. The summed E-state index contributed by atoms with van der Waals surface area (Å²) in [6.07, 6.45) is 1.11. The van der Waals surface area contributed by atoms with Gasteiger partial charge in [0.1, 0.15) is 12.1 Å². The van der Waals surface area contributed by atoms with Crippen LogP contribution < -0.4 is 41.9 Å². The lowest BCUT2D eigenvalue weighted by Gasteiger charge is -2.41. The second-order valence-electron chi connectivity index (χ2n) is 19.1. The highest BCUT2D eigenvalue weighted by Gasteiger charge is 2.78. The van der Waals surface area contributed by atoms with Crippen molar-refractivity contribution in [1.29, 1.82) is 0 Å². The molecule has 1 spiro atoms. The lowest BCUT2D eigenvalue weighted by molar-refractivity contribution is -0.674. The van der Waals surface area contributed by atoms with Crippen molar-refractivity contribution in [2.75, 3.05) is 13.1 Å².